The van der Waals surface area contributed by atoms with Crippen molar-refractivity contribution in [2.24, 2.45) is 0 Å². The first kappa shape index (κ1) is 11.7. The average Bonchev–Trinajstić information content (AvgIpc) is 2.62. The summed E-state index contributed by atoms with van der Waals surface area (Å²) in [6.07, 6.45) is 4.00. The fourth-order valence-electron chi connectivity index (χ4n) is 1.10. The maximum Gasteiger partial charge on any atom is 0.224 e. The van der Waals surface area contributed by atoms with E-state index in [1.165, 1.54) is 0 Å². The van der Waals surface area contributed by atoms with Crippen LogP contribution in [0.5, 0.6) is 0 Å². The highest BCUT2D eigenvalue weighted by Crippen LogP contribution is 2.04. The standard InChI is InChI=1S/C10H18N4O/c1-4-10(15)12-9-7-11-14(8-9)6-5-13(2)3/h7-8H,4-6H2,1-3H3,(H,12,15). The maximum absolute atomic E-state index is 11.1. The van der Waals surface area contributed by atoms with Crippen LogP contribution in [0, 0.1) is 0 Å². The lowest BCUT2D eigenvalue weighted by atomic mass is 10.4. The van der Waals surface area contributed by atoms with Gasteiger partial charge in [0.15, 0.2) is 0 Å². The smallest absolute Gasteiger partial charge is 0.224 e. The van der Waals surface area contributed by atoms with Crippen LogP contribution in [-0.2, 0) is 11.3 Å². The molecule has 5 nitrogen and oxygen atoms in total. The second-order valence-electron chi connectivity index (χ2n) is 3.70. The lowest BCUT2D eigenvalue weighted by molar-refractivity contribution is -0.115. The molecule has 0 aromatic carbocycles. The van der Waals surface area contributed by atoms with Crippen LogP contribution in [0.1, 0.15) is 13.3 Å². The first-order chi connectivity index (χ1) is 7.11. The van der Waals surface area contributed by atoms with Gasteiger partial charge in [-0.2, -0.15) is 5.10 Å². The van der Waals surface area contributed by atoms with Crippen LogP contribution >= 0.6 is 0 Å². The molecule has 0 unspecified atom stereocenters. The molecular weight excluding hydrogens is 192 g/mol. The third-order valence-electron chi connectivity index (χ3n) is 2.01. The van der Waals surface area contributed by atoms with E-state index < -0.39 is 0 Å². The molecule has 0 aliphatic rings. The molecule has 0 spiro atoms. The van der Waals surface area contributed by atoms with Gasteiger partial charge in [-0.15, -0.1) is 0 Å². The summed E-state index contributed by atoms with van der Waals surface area (Å²) in [5, 5.41) is 6.91. The minimum Gasteiger partial charge on any atom is -0.323 e. The Morgan fingerprint density at radius 3 is 2.93 bits per heavy atom. The quantitative estimate of drug-likeness (QED) is 0.781. The van der Waals surface area contributed by atoms with E-state index in [-0.39, 0.29) is 5.91 Å². The number of rotatable bonds is 5. The lowest BCUT2D eigenvalue weighted by Gasteiger charge is -2.08. The predicted octanol–water partition coefficient (Wildman–Crippen LogP) is 0.793. The van der Waals surface area contributed by atoms with Gasteiger partial charge in [-0.25, -0.2) is 0 Å². The normalized spacial score (nSPS) is 10.7. The minimum absolute atomic E-state index is 0.0159. The van der Waals surface area contributed by atoms with Crippen LogP contribution in [0.4, 0.5) is 5.69 Å². The molecule has 0 aliphatic heterocycles. The third-order valence-corrected chi connectivity index (χ3v) is 2.01. The van der Waals surface area contributed by atoms with Crippen molar-refractivity contribution in [3.05, 3.63) is 12.4 Å². The van der Waals surface area contributed by atoms with Crippen molar-refractivity contribution < 1.29 is 4.79 Å². The largest absolute Gasteiger partial charge is 0.323 e. The summed E-state index contributed by atoms with van der Waals surface area (Å²) in [6.45, 7) is 3.59. The maximum atomic E-state index is 11.1. The summed E-state index contributed by atoms with van der Waals surface area (Å²) in [7, 11) is 4.03. The predicted molar refractivity (Wildman–Crippen MR) is 59.7 cm³/mol. The second-order valence-corrected chi connectivity index (χ2v) is 3.70. The number of anilines is 1. The highest BCUT2D eigenvalue weighted by Gasteiger charge is 2.02. The van der Waals surface area contributed by atoms with Crippen molar-refractivity contribution in [2.75, 3.05) is 26.0 Å². The van der Waals surface area contributed by atoms with Crippen LogP contribution in [0.2, 0.25) is 0 Å². The van der Waals surface area contributed by atoms with Gasteiger partial charge >= 0.3 is 0 Å². The fourth-order valence-corrected chi connectivity index (χ4v) is 1.10. The first-order valence-electron chi connectivity index (χ1n) is 5.09. The Bertz CT molecular complexity index is 319. The SMILES string of the molecule is CCC(=O)Nc1cnn(CCN(C)C)c1. The van der Waals surface area contributed by atoms with Crippen LogP contribution in [0.25, 0.3) is 0 Å². The summed E-state index contributed by atoms with van der Waals surface area (Å²) in [5.74, 6) is 0.0159. The molecule has 1 N–H and O–H groups in total. The van der Waals surface area contributed by atoms with Crippen LogP contribution < -0.4 is 5.32 Å². The molecule has 0 saturated heterocycles. The zero-order chi connectivity index (χ0) is 11.3. The van der Waals surface area contributed by atoms with E-state index in [1.807, 2.05) is 31.9 Å². The molecular formula is C10H18N4O. The van der Waals surface area contributed by atoms with E-state index in [2.05, 4.69) is 15.3 Å². The van der Waals surface area contributed by atoms with Crippen molar-refractivity contribution in [1.82, 2.24) is 14.7 Å². The van der Waals surface area contributed by atoms with Crippen molar-refractivity contribution in [3.63, 3.8) is 0 Å². The van der Waals surface area contributed by atoms with Crippen molar-refractivity contribution >= 4 is 11.6 Å². The van der Waals surface area contributed by atoms with Gasteiger partial charge in [0.25, 0.3) is 0 Å². The highest BCUT2D eigenvalue weighted by molar-refractivity contribution is 5.90. The van der Waals surface area contributed by atoms with Gasteiger partial charge in [0, 0.05) is 19.2 Å². The Labute approximate surface area is 90.1 Å². The minimum atomic E-state index is 0.0159. The van der Waals surface area contributed by atoms with E-state index in [4.69, 9.17) is 0 Å². The molecule has 0 bridgehead atoms. The summed E-state index contributed by atoms with van der Waals surface area (Å²) in [6, 6.07) is 0. The molecule has 0 radical (unpaired) electrons. The highest BCUT2D eigenvalue weighted by atomic mass is 16.1. The van der Waals surface area contributed by atoms with Gasteiger partial charge in [-0.1, -0.05) is 6.92 Å². The van der Waals surface area contributed by atoms with E-state index in [9.17, 15) is 4.79 Å². The van der Waals surface area contributed by atoms with Crippen molar-refractivity contribution in [2.45, 2.75) is 19.9 Å². The molecule has 1 aromatic rings. The number of amides is 1. The molecule has 0 atom stereocenters. The first-order valence-corrected chi connectivity index (χ1v) is 5.09. The molecule has 0 fully saturated rings. The molecule has 0 aliphatic carbocycles. The number of hydrogen-bond donors (Lipinski definition) is 1. The molecule has 1 aromatic heterocycles. The Hall–Kier alpha value is -1.36. The Balaban J connectivity index is 2.45. The van der Waals surface area contributed by atoms with Crippen LogP contribution in [-0.4, -0.2) is 41.2 Å². The zero-order valence-electron chi connectivity index (χ0n) is 9.53. The number of carbonyl (C=O) groups excluding carboxylic acids is 1. The number of nitrogens with one attached hydrogen (secondary N) is 1. The third kappa shape index (κ3) is 4.12. The lowest BCUT2D eigenvalue weighted by Crippen LogP contribution is -2.18. The number of likely N-dealkylation sites (N-methyl/N-ethyl adjacent to an activating group) is 1. The topological polar surface area (TPSA) is 50.2 Å². The van der Waals surface area contributed by atoms with E-state index >= 15 is 0 Å². The van der Waals surface area contributed by atoms with E-state index in [0.29, 0.717) is 6.42 Å². The van der Waals surface area contributed by atoms with E-state index in [0.717, 1.165) is 18.8 Å². The number of hydrogen-bond acceptors (Lipinski definition) is 3. The summed E-state index contributed by atoms with van der Waals surface area (Å²) in [5.41, 5.74) is 0.764. The van der Waals surface area contributed by atoms with Crippen molar-refractivity contribution in [3.8, 4) is 0 Å². The van der Waals surface area contributed by atoms with Crippen molar-refractivity contribution in [1.29, 1.82) is 0 Å². The molecule has 1 amide bonds. The Kier molecular flexibility index (Phi) is 4.30. The van der Waals surface area contributed by atoms with Gasteiger partial charge in [0.2, 0.25) is 5.91 Å². The monoisotopic (exact) mass is 210 g/mol. The molecule has 1 heterocycles. The number of aromatic nitrogens is 2. The summed E-state index contributed by atoms with van der Waals surface area (Å²) < 4.78 is 1.82. The molecule has 5 heteroatoms. The molecule has 15 heavy (non-hydrogen) atoms. The van der Waals surface area contributed by atoms with Gasteiger partial charge in [-0.3, -0.25) is 9.48 Å². The van der Waals surface area contributed by atoms with Crippen LogP contribution in [0.15, 0.2) is 12.4 Å². The Morgan fingerprint density at radius 2 is 2.33 bits per heavy atom. The fraction of sp³-hybridized carbons (Fsp3) is 0.600. The zero-order valence-corrected chi connectivity index (χ0v) is 9.53. The second kappa shape index (κ2) is 5.50. The molecule has 1 rings (SSSR count). The van der Waals surface area contributed by atoms with Gasteiger partial charge in [0.05, 0.1) is 18.4 Å². The van der Waals surface area contributed by atoms with Crippen LogP contribution in [0.3, 0.4) is 0 Å². The summed E-state index contributed by atoms with van der Waals surface area (Å²) >= 11 is 0. The number of carbonyl (C=O) groups is 1. The molecule has 0 saturated carbocycles. The summed E-state index contributed by atoms with van der Waals surface area (Å²) in [4.78, 5) is 13.2. The Morgan fingerprint density at radius 1 is 1.60 bits per heavy atom. The number of nitrogens with zero attached hydrogens (tertiary/aromatic N) is 3. The molecule has 84 valence electrons. The average molecular weight is 210 g/mol. The van der Waals surface area contributed by atoms with Gasteiger partial charge in [-0.05, 0) is 14.1 Å². The van der Waals surface area contributed by atoms with E-state index in [1.54, 1.807) is 6.20 Å². The van der Waals surface area contributed by atoms with Gasteiger partial charge in [0.1, 0.15) is 0 Å². The van der Waals surface area contributed by atoms with Gasteiger partial charge < -0.3 is 10.2 Å².